The number of nitrogens with zero attached hydrogens (tertiary/aromatic N) is 4. The Kier molecular flexibility index (Phi) is 2.57. The first kappa shape index (κ1) is 11.8. The molecule has 0 saturated carbocycles. The van der Waals surface area contributed by atoms with Crippen molar-refractivity contribution in [2.45, 2.75) is 6.92 Å². The molecule has 0 unspecified atom stereocenters. The van der Waals surface area contributed by atoms with E-state index in [-0.39, 0.29) is 0 Å². The van der Waals surface area contributed by atoms with E-state index in [4.69, 9.17) is 0 Å². The van der Waals surface area contributed by atoms with Crippen molar-refractivity contribution in [3.05, 3.63) is 60.4 Å². The maximum Gasteiger partial charge on any atom is 0.215 e. The summed E-state index contributed by atoms with van der Waals surface area (Å²) in [6.45, 7) is 2.07. The molecule has 0 aliphatic rings. The Morgan fingerprint density at radius 3 is 2.67 bits per heavy atom. The minimum atomic E-state index is 0.706. The Morgan fingerprint density at radius 2 is 1.81 bits per heavy atom. The number of anilines is 2. The minimum absolute atomic E-state index is 0.706. The van der Waals surface area contributed by atoms with Crippen molar-refractivity contribution in [1.29, 1.82) is 0 Å². The monoisotopic (exact) mass is 275 g/mol. The first-order valence-electron chi connectivity index (χ1n) is 6.73. The lowest BCUT2D eigenvalue weighted by molar-refractivity contribution is 1.09. The van der Waals surface area contributed by atoms with Gasteiger partial charge in [0.2, 0.25) is 5.95 Å². The van der Waals surface area contributed by atoms with Crippen molar-refractivity contribution >= 4 is 28.2 Å². The van der Waals surface area contributed by atoms with Gasteiger partial charge in [-0.3, -0.25) is 4.40 Å². The lowest BCUT2D eigenvalue weighted by atomic mass is 10.2. The van der Waals surface area contributed by atoms with Gasteiger partial charge < -0.3 is 5.32 Å². The van der Waals surface area contributed by atoms with E-state index >= 15 is 0 Å². The Bertz CT molecular complexity index is 924. The molecule has 2 heterocycles. The van der Waals surface area contributed by atoms with Gasteiger partial charge in [-0.1, -0.05) is 29.8 Å². The number of fused-ring (bicyclic) bond motifs is 3. The summed E-state index contributed by atoms with van der Waals surface area (Å²) >= 11 is 0. The van der Waals surface area contributed by atoms with Crippen molar-refractivity contribution < 1.29 is 0 Å². The molecule has 102 valence electrons. The maximum atomic E-state index is 4.67. The van der Waals surface area contributed by atoms with E-state index < -0.39 is 0 Å². The van der Waals surface area contributed by atoms with Crippen LogP contribution in [0.3, 0.4) is 0 Å². The number of benzene rings is 2. The predicted molar refractivity (Wildman–Crippen MR) is 82.7 cm³/mol. The van der Waals surface area contributed by atoms with E-state index in [0.717, 1.165) is 22.2 Å². The molecule has 0 amide bonds. The van der Waals surface area contributed by atoms with Crippen LogP contribution in [0.2, 0.25) is 0 Å². The molecule has 5 nitrogen and oxygen atoms in total. The van der Waals surface area contributed by atoms with E-state index in [0.29, 0.717) is 5.95 Å². The second kappa shape index (κ2) is 4.56. The molecule has 0 aliphatic heterocycles. The third kappa shape index (κ3) is 1.99. The summed E-state index contributed by atoms with van der Waals surface area (Å²) in [5.41, 5.74) is 3.91. The fourth-order valence-corrected chi connectivity index (χ4v) is 2.36. The van der Waals surface area contributed by atoms with E-state index in [1.807, 2.05) is 40.8 Å². The lowest BCUT2D eigenvalue weighted by Crippen LogP contribution is -2.01. The highest BCUT2D eigenvalue weighted by atomic mass is 15.3. The van der Waals surface area contributed by atoms with Gasteiger partial charge in [-0.2, -0.15) is 0 Å². The predicted octanol–water partition coefficient (Wildman–Crippen LogP) is 3.33. The fourth-order valence-electron chi connectivity index (χ4n) is 2.36. The zero-order valence-corrected chi connectivity index (χ0v) is 11.5. The number of aryl methyl sites for hydroxylation is 1. The first-order chi connectivity index (χ1) is 10.3. The van der Waals surface area contributed by atoms with Gasteiger partial charge in [-0.15, -0.1) is 10.2 Å². The van der Waals surface area contributed by atoms with Crippen molar-refractivity contribution in [2.75, 3.05) is 5.32 Å². The molecule has 2 aromatic carbocycles. The number of para-hydroxylation sites is 1. The summed E-state index contributed by atoms with van der Waals surface area (Å²) in [5.74, 6) is 0.706. The highest BCUT2D eigenvalue weighted by molar-refractivity contribution is 5.92. The summed E-state index contributed by atoms with van der Waals surface area (Å²) in [5, 5.41) is 12.5. The molecule has 0 radical (unpaired) electrons. The lowest BCUT2D eigenvalue weighted by Gasteiger charge is -2.09. The van der Waals surface area contributed by atoms with Gasteiger partial charge in [0.1, 0.15) is 6.33 Å². The van der Waals surface area contributed by atoms with Crippen LogP contribution in [-0.2, 0) is 0 Å². The molecule has 0 spiro atoms. The Hall–Kier alpha value is -2.95. The van der Waals surface area contributed by atoms with Crippen molar-refractivity contribution in [2.24, 2.45) is 0 Å². The van der Waals surface area contributed by atoms with E-state index in [2.05, 4.69) is 39.6 Å². The highest BCUT2D eigenvalue weighted by Crippen LogP contribution is 2.22. The van der Waals surface area contributed by atoms with Crippen molar-refractivity contribution in [3.63, 3.8) is 0 Å². The molecular weight excluding hydrogens is 262 g/mol. The standard InChI is InChI=1S/C16H13N5/c1-11-6-8-12(9-7-11)18-16-19-14-5-3-2-4-13(14)15-20-17-10-21(15)16/h2-10H,1H3,(H,18,19). The molecule has 2 aromatic heterocycles. The van der Waals surface area contributed by atoms with Crippen LogP contribution >= 0.6 is 0 Å². The number of hydrogen-bond acceptors (Lipinski definition) is 4. The van der Waals surface area contributed by atoms with Gasteiger partial charge in [0.15, 0.2) is 5.65 Å². The second-order valence-electron chi connectivity index (χ2n) is 4.97. The van der Waals surface area contributed by atoms with Crippen LogP contribution in [0.1, 0.15) is 5.56 Å². The van der Waals surface area contributed by atoms with Crippen LogP contribution < -0.4 is 5.32 Å². The van der Waals surface area contributed by atoms with Crippen LogP contribution in [0, 0.1) is 6.92 Å². The normalized spacial score (nSPS) is 11.1. The fraction of sp³-hybridized carbons (Fsp3) is 0.0625. The topological polar surface area (TPSA) is 55.1 Å². The highest BCUT2D eigenvalue weighted by Gasteiger charge is 2.09. The molecule has 21 heavy (non-hydrogen) atoms. The Labute approximate surface area is 121 Å². The van der Waals surface area contributed by atoms with Gasteiger partial charge in [0, 0.05) is 11.1 Å². The molecule has 4 rings (SSSR count). The Balaban J connectivity index is 1.90. The van der Waals surface area contributed by atoms with Gasteiger partial charge in [0.05, 0.1) is 5.52 Å². The first-order valence-corrected chi connectivity index (χ1v) is 6.73. The molecule has 0 aliphatic carbocycles. The van der Waals surface area contributed by atoms with Crippen LogP contribution in [-0.4, -0.2) is 19.6 Å². The number of rotatable bonds is 2. The van der Waals surface area contributed by atoms with Crippen LogP contribution in [0.15, 0.2) is 54.9 Å². The number of nitrogens with one attached hydrogen (secondary N) is 1. The summed E-state index contributed by atoms with van der Waals surface area (Å²) in [4.78, 5) is 4.67. The number of hydrogen-bond donors (Lipinski definition) is 1. The molecule has 4 aromatic rings. The van der Waals surface area contributed by atoms with Gasteiger partial charge in [0.25, 0.3) is 0 Å². The molecular formula is C16H13N5. The van der Waals surface area contributed by atoms with E-state index in [1.54, 1.807) is 6.33 Å². The third-order valence-electron chi connectivity index (χ3n) is 3.45. The SMILES string of the molecule is Cc1ccc(Nc2nc3ccccc3c3nncn23)cc1. The van der Waals surface area contributed by atoms with Crippen LogP contribution in [0.4, 0.5) is 11.6 Å². The van der Waals surface area contributed by atoms with Crippen molar-refractivity contribution in [3.8, 4) is 0 Å². The average Bonchev–Trinajstić information content (AvgIpc) is 3.00. The average molecular weight is 275 g/mol. The summed E-state index contributed by atoms with van der Waals surface area (Å²) in [6, 6.07) is 16.1. The Morgan fingerprint density at radius 1 is 1.00 bits per heavy atom. The van der Waals surface area contributed by atoms with Crippen molar-refractivity contribution in [1.82, 2.24) is 19.6 Å². The molecule has 0 atom stereocenters. The molecule has 0 fully saturated rings. The number of aromatic nitrogens is 4. The summed E-state index contributed by atoms with van der Waals surface area (Å²) in [6.07, 6.45) is 1.67. The maximum absolute atomic E-state index is 4.67. The molecule has 0 bridgehead atoms. The largest absolute Gasteiger partial charge is 0.325 e. The summed E-state index contributed by atoms with van der Waals surface area (Å²) in [7, 11) is 0. The van der Waals surface area contributed by atoms with E-state index in [1.165, 1.54) is 5.56 Å². The zero-order chi connectivity index (χ0) is 14.2. The minimum Gasteiger partial charge on any atom is -0.325 e. The molecule has 1 N–H and O–H groups in total. The van der Waals surface area contributed by atoms with Crippen LogP contribution in [0.25, 0.3) is 16.6 Å². The quantitative estimate of drug-likeness (QED) is 0.609. The molecule has 0 saturated heterocycles. The molecule has 5 heteroatoms. The summed E-state index contributed by atoms with van der Waals surface area (Å²) < 4.78 is 1.86. The van der Waals surface area contributed by atoms with E-state index in [9.17, 15) is 0 Å². The second-order valence-corrected chi connectivity index (χ2v) is 4.97. The third-order valence-corrected chi connectivity index (χ3v) is 3.45. The van der Waals surface area contributed by atoms with Gasteiger partial charge in [-0.25, -0.2) is 4.98 Å². The smallest absolute Gasteiger partial charge is 0.215 e. The van der Waals surface area contributed by atoms with Crippen LogP contribution in [0.5, 0.6) is 0 Å². The zero-order valence-electron chi connectivity index (χ0n) is 11.5. The van der Waals surface area contributed by atoms with Gasteiger partial charge in [-0.05, 0) is 31.2 Å². The van der Waals surface area contributed by atoms with Gasteiger partial charge >= 0.3 is 0 Å².